The number of amides is 4. The number of anilines is 2. The number of benzene rings is 8. The van der Waals surface area contributed by atoms with Crippen LogP contribution in [0.4, 0.5) is 21.4 Å². The van der Waals surface area contributed by atoms with Gasteiger partial charge in [0.15, 0.2) is 33.9 Å². The number of hydrogen-bond donors (Lipinski definition) is 3. The molecule has 6 heterocycles. The molecule has 8 unspecified atom stereocenters. The maximum atomic E-state index is 14.3. The molecule has 8 aromatic carbocycles. The molecule has 4 amide bonds. The maximum absolute atomic E-state index is 14.3. The summed E-state index contributed by atoms with van der Waals surface area (Å²) in [6, 6.07) is 68.0. The van der Waals surface area contributed by atoms with Crippen molar-refractivity contribution < 1.29 is 89.3 Å². The summed E-state index contributed by atoms with van der Waals surface area (Å²) in [5.41, 5.74) is 10.5. The highest BCUT2D eigenvalue weighted by Gasteiger charge is 2.48. The van der Waals surface area contributed by atoms with Crippen LogP contribution in [0, 0.1) is 22.7 Å². The molecular formula is C104H111N15O20P2. The standard InChI is InChI=1S/C104H111N15O20P2/c1-66(2)119(67(3)4)140(133-54-22-50-105)138-86-56-92(118-65-110-95-98(118)113-101(114-100(95)124)111-90(121)34-20-52-115(5)102(125)130-59-84-80-30-16-12-26-76(80)77-27-13-17-31-81(77)84)137-89(86)62-135-141(134-55-23-51-106)139-87-57-91(136-88(87)61-132-104(70-24-10-9-11-25-70,71-41-46-74(127-7)47-42-71)72-43-48-75(128-8)49-44-72)117-64-109-94-96(107-63-108-97(94)117)112-99(123)69-39-36-68(37-40-69)38-45-73(120)58-129-93(122)35-21-53-116(6)103(126)131-60-85-82-32-18-14-28-78(82)79-29-15-19-33-83(79)85/h9-19,24-33,36-37,39-44,46-49,63-67,84-89,91-92H,20-23,34-35,38,45,52-62H2,1-8H3,(H,107,108,112,123)(H2,111,113,114,121,124). The zero-order chi connectivity index (χ0) is 98.6. The lowest BCUT2D eigenvalue weighted by atomic mass is 9.80. The minimum atomic E-state index is -2.51. The Labute approximate surface area is 817 Å². The number of hydrogen-bond acceptors (Lipinski definition) is 28. The molecule has 4 aliphatic rings. The van der Waals surface area contributed by atoms with Gasteiger partial charge in [0, 0.05) is 88.8 Å². The molecule has 3 N–H and O–H groups in total. The molecule has 141 heavy (non-hydrogen) atoms. The van der Waals surface area contributed by atoms with Crippen molar-refractivity contribution in [3.8, 4) is 45.9 Å². The zero-order valence-corrected chi connectivity index (χ0v) is 81.2. The zero-order valence-electron chi connectivity index (χ0n) is 79.4. The Morgan fingerprint density at radius 3 is 1.60 bits per heavy atom. The quantitative estimate of drug-likeness (QED) is 0.0105. The Morgan fingerprint density at radius 1 is 0.546 bits per heavy atom. The first kappa shape index (κ1) is 100. The van der Waals surface area contributed by atoms with Crippen molar-refractivity contribution in [2.45, 2.75) is 158 Å². The second-order valence-electron chi connectivity index (χ2n) is 35.0. The number of ether oxygens (including phenoxy) is 8. The van der Waals surface area contributed by atoms with Crippen molar-refractivity contribution in [3.05, 3.63) is 280 Å². The number of esters is 1. The summed E-state index contributed by atoms with van der Waals surface area (Å²) in [7, 11) is 1.95. The molecule has 35 nitrogen and oxygen atoms in total. The third-order valence-corrected chi connectivity index (χ3v) is 28.5. The molecule has 2 fully saturated rings. The molecule has 12 aromatic rings. The van der Waals surface area contributed by atoms with Gasteiger partial charge in [-0.25, -0.2) is 34.2 Å². The van der Waals surface area contributed by atoms with Gasteiger partial charge in [0.05, 0.1) is 90.5 Å². The number of methoxy groups -OCH3 is 2. The van der Waals surface area contributed by atoms with E-state index in [1.165, 1.54) is 28.8 Å². The first-order valence-electron chi connectivity index (χ1n) is 46.9. The predicted octanol–water partition coefficient (Wildman–Crippen LogP) is 17.3. The summed E-state index contributed by atoms with van der Waals surface area (Å²) in [5, 5.41) is 25.5. The topological polar surface area (TPSA) is 411 Å². The third kappa shape index (κ3) is 23.7. The van der Waals surface area contributed by atoms with E-state index in [-0.39, 0.29) is 173 Å². The van der Waals surface area contributed by atoms with Crippen molar-refractivity contribution in [1.82, 2.24) is 53.5 Å². The summed E-state index contributed by atoms with van der Waals surface area (Å²) < 4.78 is 89.6. The fraction of sp³-hybridized carbons (Fsp3) is 0.365. The third-order valence-electron chi connectivity index (χ3n) is 25.1. The van der Waals surface area contributed by atoms with Crippen molar-refractivity contribution in [2.24, 2.45) is 0 Å². The lowest BCUT2D eigenvalue weighted by Gasteiger charge is -2.37. The average Bonchev–Trinajstić information content (AvgIpc) is 1.21. The minimum Gasteiger partial charge on any atom is -0.497 e. The van der Waals surface area contributed by atoms with Crippen molar-refractivity contribution in [2.75, 3.05) is 98.3 Å². The SMILES string of the molecule is COc1ccc(C(OCC2OC(n3cnc4c(NC(=O)c5ccc(CCC(=O)COC(=O)CCCN(C)C(=O)OCC6c7ccccc7-c7ccccc76)cc5)ncnc43)CC2OP(OCCC#N)OCC2OC(n3cnc4c(=O)[nH]c(NC(=O)CCCN(C)C(=O)OCC5c6ccccc6-c6ccccc65)nc43)CC2OP(OCCC#N)N(C(C)C)C(C)C)(c2ccccc2)c2ccc(OC)cc2)cc1. The van der Waals surface area contributed by atoms with Crippen LogP contribution >= 0.6 is 17.1 Å². The molecule has 37 heteroatoms. The van der Waals surface area contributed by atoms with Crippen LogP contribution in [-0.2, 0) is 77.4 Å². The van der Waals surface area contributed by atoms with Gasteiger partial charge in [-0.05, 0) is 150 Å². The van der Waals surface area contributed by atoms with Gasteiger partial charge in [-0.2, -0.15) is 15.5 Å². The normalized spacial score (nSPS) is 16.9. The fourth-order valence-electron chi connectivity index (χ4n) is 18.1. The number of carbonyl (C=O) groups excluding carboxylic acids is 6. The summed E-state index contributed by atoms with van der Waals surface area (Å²) in [6.45, 7) is 7.78. The Balaban J connectivity index is 0.605. The molecular weight excluding hydrogens is 1840 g/mol. The molecule has 732 valence electrons. The maximum Gasteiger partial charge on any atom is 0.409 e. The number of nitriles is 2. The van der Waals surface area contributed by atoms with Crippen LogP contribution in [0.1, 0.15) is 165 Å². The largest absolute Gasteiger partial charge is 0.497 e. The van der Waals surface area contributed by atoms with E-state index in [2.05, 4.69) is 78.8 Å². The summed E-state index contributed by atoms with van der Waals surface area (Å²) in [6.07, 6.45) is -1.54. The minimum absolute atomic E-state index is 0.0144. The number of aromatic nitrogens is 8. The number of ketones is 1. The van der Waals surface area contributed by atoms with Gasteiger partial charge in [-0.3, -0.25) is 43.4 Å². The van der Waals surface area contributed by atoms with Crippen LogP contribution in [0.2, 0.25) is 0 Å². The fourth-order valence-corrected chi connectivity index (χ4v) is 21.0. The highest BCUT2D eigenvalue weighted by molar-refractivity contribution is 7.44. The first-order chi connectivity index (χ1) is 68.6. The second-order valence-corrected chi connectivity index (χ2v) is 37.6. The Bertz CT molecular complexity index is 6390. The number of carbonyl (C=O) groups is 6. The molecule has 16 rings (SSSR count). The number of nitrogens with zero attached hydrogens (tertiary/aromatic N) is 12. The van der Waals surface area contributed by atoms with E-state index in [4.69, 9.17) is 75.5 Å². The van der Waals surface area contributed by atoms with Crippen LogP contribution in [0.5, 0.6) is 11.5 Å². The molecule has 2 aliphatic carbocycles. The number of imidazole rings is 2. The van der Waals surface area contributed by atoms with Crippen LogP contribution < -0.4 is 25.7 Å². The molecule has 2 saturated heterocycles. The molecule has 0 saturated carbocycles. The Kier molecular flexibility index (Phi) is 33.5. The summed E-state index contributed by atoms with van der Waals surface area (Å²) >= 11 is 0. The van der Waals surface area contributed by atoms with E-state index in [1.807, 2.05) is 167 Å². The smallest absolute Gasteiger partial charge is 0.409 e. The Hall–Kier alpha value is -13.6. The van der Waals surface area contributed by atoms with Crippen LogP contribution in [-0.4, -0.2) is 213 Å². The van der Waals surface area contributed by atoms with E-state index in [0.29, 0.717) is 24.3 Å². The molecule has 2 aliphatic heterocycles. The predicted molar refractivity (Wildman–Crippen MR) is 524 cm³/mol. The van der Waals surface area contributed by atoms with Crippen molar-refractivity contribution in [1.29, 1.82) is 10.5 Å². The molecule has 4 aromatic heterocycles. The number of aromatic amines is 1. The van der Waals surface area contributed by atoms with Crippen LogP contribution in [0.25, 0.3) is 44.6 Å². The lowest BCUT2D eigenvalue weighted by molar-refractivity contribution is -0.148. The van der Waals surface area contributed by atoms with E-state index in [1.54, 1.807) is 61.7 Å². The van der Waals surface area contributed by atoms with Gasteiger partial charge in [0.1, 0.15) is 67.9 Å². The highest BCUT2D eigenvalue weighted by Crippen LogP contribution is 2.54. The number of rotatable bonds is 46. The summed E-state index contributed by atoms with van der Waals surface area (Å²) in [5.74, 6) is -0.984. The number of Topliss-reactive ketones (excluding diaryl/α,β-unsaturated/α-hetero) is 1. The Morgan fingerprint density at radius 2 is 1.05 bits per heavy atom. The van der Waals surface area contributed by atoms with E-state index < -0.39 is 102 Å². The van der Waals surface area contributed by atoms with E-state index in [0.717, 1.165) is 66.8 Å². The van der Waals surface area contributed by atoms with Gasteiger partial charge < -0.3 is 75.6 Å². The van der Waals surface area contributed by atoms with Gasteiger partial charge in [-0.1, -0.05) is 164 Å². The van der Waals surface area contributed by atoms with Gasteiger partial charge in [0.25, 0.3) is 20.0 Å². The summed E-state index contributed by atoms with van der Waals surface area (Å²) in [4.78, 5) is 123. The van der Waals surface area contributed by atoms with E-state index in [9.17, 15) is 44.1 Å². The average molecular weight is 1950 g/mol. The number of aryl methyl sites for hydroxylation is 1. The van der Waals surface area contributed by atoms with Gasteiger partial charge in [0.2, 0.25) is 11.9 Å². The lowest BCUT2D eigenvalue weighted by Crippen LogP contribution is -2.38. The van der Waals surface area contributed by atoms with E-state index >= 15 is 0 Å². The molecule has 8 atom stereocenters. The van der Waals surface area contributed by atoms with Crippen molar-refractivity contribution in [3.63, 3.8) is 0 Å². The second kappa shape index (κ2) is 47.1. The molecule has 0 bridgehead atoms. The van der Waals surface area contributed by atoms with Crippen LogP contribution in [0.15, 0.2) is 224 Å². The van der Waals surface area contributed by atoms with Crippen LogP contribution in [0.3, 0.4) is 0 Å². The number of H-pyrrole nitrogens is 1. The van der Waals surface area contributed by atoms with Crippen molar-refractivity contribution >= 4 is 87.0 Å². The molecule has 0 spiro atoms. The van der Waals surface area contributed by atoms with Gasteiger partial charge in [-0.15, -0.1) is 0 Å². The number of fused-ring (bicyclic) bond motifs is 8. The monoisotopic (exact) mass is 1950 g/mol. The molecule has 0 radical (unpaired) electrons. The highest BCUT2D eigenvalue weighted by atomic mass is 31.2. The van der Waals surface area contributed by atoms with Gasteiger partial charge >= 0.3 is 26.8 Å². The number of nitrogens with one attached hydrogen (secondary N) is 3. The first-order valence-corrected chi connectivity index (χ1v) is 49.1.